The lowest BCUT2D eigenvalue weighted by molar-refractivity contribution is 0.0479. The van der Waals surface area contributed by atoms with Crippen LogP contribution in [0.15, 0.2) is 84.9 Å². The van der Waals surface area contributed by atoms with Crippen molar-refractivity contribution in [2.45, 2.75) is 209 Å². The minimum Gasteiger partial charge on any atom is -0.493 e. The van der Waals surface area contributed by atoms with E-state index in [1.807, 2.05) is 36.4 Å². The topological polar surface area (TPSA) is 142 Å². The van der Waals surface area contributed by atoms with E-state index in [0.29, 0.717) is 71.0 Å². The van der Waals surface area contributed by atoms with Gasteiger partial charge in [-0.3, -0.25) is 0 Å². The van der Waals surface area contributed by atoms with Crippen LogP contribution in [0.5, 0.6) is 23.0 Å². The number of esters is 4. The van der Waals surface area contributed by atoms with Crippen LogP contribution in [0.25, 0.3) is 65.3 Å². The average molecular weight is 1230 g/mol. The average Bonchev–Trinajstić information content (AvgIpc) is 0.727. The third kappa shape index (κ3) is 19.8. The smallest absolute Gasteiger partial charge is 0.339 e. The SMILES string of the molecule is CCCCCCCCOc1cc(OCCCCCCCC)cc(-c2c3cc(C(=O)OCC)c(C(=O)OCC)cc3cc3cc4c(-c5cc(OCCCCCCCC)cc(OCCCCCCCC)c5)c5cc(C(=O)OCC)c(C(=O)OCC)cc5cc4cc23)c1. The summed E-state index contributed by atoms with van der Waals surface area (Å²) < 4.78 is 49.3. The van der Waals surface area contributed by atoms with Crippen molar-refractivity contribution in [3.8, 4) is 45.3 Å². The number of hydrogen-bond acceptors (Lipinski definition) is 12. The van der Waals surface area contributed by atoms with Crippen molar-refractivity contribution < 1.29 is 57.1 Å². The molecule has 0 aliphatic heterocycles. The standard InChI is InChI=1S/C78H102O12/c1-9-17-21-25-29-33-37-87-61-43-59(44-62(51-61)88-38-34-30-26-22-18-10-2)73-65-47-56-42-58-50-70(76(80)84-14-6)72(78(82)86-16-8)54-68(58)74(66(56)48-55(65)41-57-49-69(75(79)83-13-5)71(53-67(57)73)77(81)85-15-7)60-45-63(89-39-35-31-27-23-19-11-3)52-64(46-60)90-40-36-32-28-24-20-12-4/h41-54H,9-40H2,1-8H3. The molecule has 0 aromatic heterocycles. The van der Waals surface area contributed by atoms with E-state index < -0.39 is 23.9 Å². The van der Waals surface area contributed by atoms with Gasteiger partial charge < -0.3 is 37.9 Å². The molecule has 12 heteroatoms. The fourth-order valence-corrected chi connectivity index (χ4v) is 12.0. The molecule has 486 valence electrons. The van der Waals surface area contributed by atoms with E-state index in [0.717, 1.165) is 121 Å². The van der Waals surface area contributed by atoms with Gasteiger partial charge in [0.2, 0.25) is 0 Å². The van der Waals surface area contributed by atoms with Crippen molar-refractivity contribution in [3.63, 3.8) is 0 Å². The van der Waals surface area contributed by atoms with E-state index in [2.05, 4.69) is 52.0 Å². The van der Waals surface area contributed by atoms with Crippen LogP contribution in [0.1, 0.15) is 251 Å². The molecule has 0 saturated carbocycles. The predicted octanol–water partition coefficient (Wildman–Crippen LogP) is 21.3. The fourth-order valence-electron chi connectivity index (χ4n) is 12.0. The largest absolute Gasteiger partial charge is 0.493 e. The quantitative estimate of drug-likeness (QED) is 0.0156. The first-order valence-electron chi connectivity index (χ1n) is 34.5. The Morgan fingerprint density at radius 1 is 0.256 bits per heavy atom. The zero-order valence-corrected chi connectivity index (χ0v) is 55.6. The molecule has 0 amide bonds. The number of hydrogen-bond donors (Lipinski definition) is 0. The van der Waals surface area contributed by atoms with E-state index in [4.69, 9.17) is 37.9 Å². The molecular weight excluding hydrogens is 1130 g/mol. The maximum Gasteiger partial charge on any atom is 0.339 e. The predicted molar refractivity (Wildman–Crippen MR) is 367 cm³/mol. The van der Waals surface area contributed by atoms with Gasteiger partial charge in [0.1, 0.15) is 23.0 Å². The highest BCUT2D eigenvalue weighted by Crippen LogP contribution is 2.46. The maximum atomic E-state index is 14.1. The first-order chi connectivity index (χ1) is 44.0. The summed E-state index contributed by atoms with van der Waals surface area (Å²) in [5.41, 5.74) is 3.49. The number of rotatable bonds is 42. The molecule has 0 spiro atoms. The summed E-state index contributed by atoms with van der Waals surface area (Å²) in [5, 5.41) is 6.06. The number of unbranched alkanes of at least 4 members (excludes halogenated alkanes) is 20. The van der Waals surface area contributed by atoms with Crippen LogP contribution in [0, 0.1) is 0 Å². The van der Waals surface area contributed by atoms with Gasteiger partial charge in [-0.1, -0.05) is 156 Å². The fraction of sp³-hybridized carbons (Fsp3) is 0.513. The summed E-state index contributed by atoms with van der Waals surface area (Å²) in [6, 6.07) is 27.6. The van der Waals surface area contributed by atoms with Crippen LogP contribution in [0.2, 0.25) is 0 Å². The van der Waals surface area contributed by atoms with Crippen LogP contribution in [-0.2, 0) is 18.9 Å². The molecule has 7 rings (SSSR count). The van der Waals surface area contributed by atoms with Gasteiger partial charge in [-0.05, 0) is 192 Å². The molecule has 7 aromatic rings. The van der Waals surface area contributed by atoms with Crippen LogP contribution >= 0.6 is 0 Å². The lowest BCUT2D eigenvalue weighted by atomic mass is 9.85. The van der Waals surface area contributed by atoms with Crippen LogP contribution in [0.4, 0.5) is 0 Å². The molecule has 0 aliphatic rings. The monoisotopic (exact) mass is 1230 g/mol. The van der Waals surface area contributed by atoms with Crippen LogP contribution in [-0.4, -0.2) is 76.7 Å². The van der Waals surface area contributed by atoms with Crippen LogP contribution < -0.4 is 18.9 Å². The molecule has 0 atom stereocenters. The third-order valence-electron chi connectivity index (χ3n) is 16.7. The molecule has 7 aromatic carbocycles. The Kier molecular flexibility index (Phi) is 29.4. The number of fused-ring (bicyclic) bond motifs is 4. The molecule has 0 aliphatic carbocycles. The number of ether oxygens (including phenoxy) is 8. The zero-order valence-electron chi connectivity index (χ0n) is 55.6. The van der Waals surface area contributed by atoms with E-state index in [1.54, 1.807) is 52.0 Å². The Hall–Kier alpha value is -7.34. The highest BCUT2D eigenvalue weighted by atomic mass is 16.5. The normalized spacial score (nSPS) is 11.4. The molecular formula is C78H102O12. The van der Waals surface area contributed by atoms with Gasteiger partial charge in [0, 0.05) is 12.1 Å². The van der Waals surface area contributed by atoms with E-state index in [-0.39, 0.29) is 48.7 Å². The summed E-state index contributed by atoms with van der Waals surface area (Å²) in [4.78, 5) is 56.3. The molecule has 0 heterocycles. The molecule has 0 radical (unpaired) electrons. The van der Waals surface area contributed by atoms with Crippen molar-refractivity contribution in [2.24, 2.45) is 0 Å². The number of carbonyl (C=O) groups is 4. The van der Waals surface area contributed by atoms with Crippen molar-refractivity contribution in [1.82, 2.24) is 0 Å². The highest BCUT2D eigenvalue weighted by Gasteiger charge is 2.27. The summed E-state index contributed by atoms with van der Waals surface area (Å²) in [6.45, 7) is 18.4. The molecule has 0 unspecified atom stereocenters. The molecule has 0 bridgehead atoms. The second-order valence-corrected chi connectivity index (χ2v) is 23.8. The summed E-state index contributed by atoms with van der Waals surface area (Å²) in [5.74, 6) is 0.0606. The van der Waals surface area contributed by atoms with Gasteiger partial charge in [0.15, 0.2) is 0 Å². The molecule has 0 N–H and O–H groups in total. The summed E-state index contributed by atoms with van der Waals surface area (Å²) in [6.07, 6.45) is 26.8. The lowest BCUT2D eigenvalue weighted by Gasteiger charge is -2.20. The Bertz CT molecular complexity index is 3150. The second-order valence-electron chi connectivity index (χ2n) is 23.8. The maximum absolute atomic E-state index is 14.1. The molecule has 0 saturated heterocycles. The van der Waals surface area contributed by atoms with E-state index >= 15 is 0 Å². The molecule has 0 fully saturated rings. The Morgan fingerprint density at radius 2 is 0.489 bits per heavy atom. The van der Waals surface area contributed by atoms with E-state index in [9.17, 15) is 19.2 Å². The molecule has 90 heavy (non-hydrogen) atoms. The van der Waals surface area contributed by atoms with Gasteiger partial charge >= 0.3 is 23.9 Å². The summed E-state index contributed by atoms with van der Waals surface area (Å²) in [7, 11) is 0. The van der Waals surface area contributed by atoms with Crippen molar-refractivity contribution >= 4 is 67.0 Å². The van der Waals surface area contributed by atoms with Crippen molar-refractivity contribution in [1.29, 1.82) is 0 Å². The van der Waals surface area contributed by atoms with E-state index in [1.165, 1.54) is 77.0 Å². The zero-order chi connectivity index (χ0) is 64.0. The molecule has 12 nitrogen and oxygen atoms in total. The van der Waals surface area contributed by atoms with Crippen molar-refractivity contribution in [2.75, 3.05) is 52.9 Å². The Morgan fingerprint density at radius 3 is 0.756 bits per heavy atom. The van der Waals surface area contributed by atoms with Gasteiger partial charge in [0.05, 0.1) is 75.1 Å². The van der Waals surface area contributed by atoms with Crippen LogP contribution in [0.3, 0.4) is 0 Å². The minimum atomic E-state index is -0.643. The number of benzene rings is 7. The van der Waals surface area contributed by atoms with Gasteiger partial charge in [-0.2, -0.15) is 0 Å². The third-order valence-corrected chi connectivity index (χ3v) is 16.7. The number of carbonyl (C=O) groups excluding carboxylic acids is 4. The first-order valence-corrected chi connectivity index (χ1v) is 34.5. The lowest BCUT2D eigenvalue weighted by Crippen LogP contribution is -2.14. The Labute approximate surface area is 536 Å². The second kappa shape index (κ2) is 37.7. The summed E-state index contributed by atoms with van der Waals surface area (Å²) >= 11 is 0. The van der Waals surface area contributed by atoms with Crippen molar-refractivity contribution in [3.05, 3.63) is 107 Å². The first kappa shape index (κ1) is 70.1. The highest BCUT2D eigenvalue weighted by molar-refractivity contribution is 6.23. The van der Waals surface area contributed by atoms with Gasteiger partial charge in [-0.15, -0.1) is 0 Å². The minimum absolute atomic E-state index is 0.0875. The van der Waals surface area contributed by atoms with Gasteiger partial charge in [0.25, 0.3) is 0 Å². The Balaban J connectivity index is 1.55. The van der Waals surface area contributed by atoms with Gasteiger partial charge in [-0.25, -0.2) is 19.2 Å².